The molecule has 0 aliphatic rings. The van der Waals surface area contributed by atoms with E-state index in [1.54, 1.807) is 4.68 Å². The Hall–Kier alpha value is -1.94. The van der Waals surface area contributed by atoms with Crippen LogP contribution in [-0.4, -0.2) is 15.8 Å². The third-order valence-corrected chi connectivity index (χ3v) is 3.25. The maximum absolute atomic E-state index is 12.4. The van der Waals surface area contributed by atoms with Crippen LogP contribution in [0.4, 0.5) is 0 Å². The fourth-order valence-corrected chi connectivity index (χ4v) is 2.15. The number of rotatable bonds is 6. The molecule has 1 aromatic heterocycles. The number of hydrogen-bond acceptors (Lipinski definition) is 3. The van der Waals surface area contributed by atoms with Gasteiger partial charge in [-0.05, 0) is 12.5 Å². The van der Waals surface area contributed by atoms with E-state index < -0.39 is 0 Å². The van der Waals surface area contributed by atoms with E-state index in [1.807, 2.05) is 36.4 Å². The number of hydrogen-bond donors (Lipinski definition) is 1. The highest BCUT2D eigenvalue weighted by Crippen LogP contribution is 2.16. The Morgan fingerprint density at radius 1 is 1.24 bits per heavy atom. The van der Waals surface area contributed by atoms with Gasteiger partial charge in [-0.3, -0.25) is 4.79 Å². The average molecular weight is 285 g/mol. The summed E-state index contributed by atoms with van der Waals surface area (Å²) >= 11 is 0. The van der Waals surface area contributed by atoms with Crippen LogP contribution < -0.4 is 10.9 Å². The van der Waals surface area contributed by atoms with E-state index in [0.29, 0.717) is 19.1 Å². The van der Waals surface area contributed by atoms with Gasteiger partial charge in [0.15, 0.2) is 0 Å². The summed E-state index contributed by atoms with van der Waals surface area (Å²) in [5.74, 6) is 0. The van der Waals surface area contributed by atoms with Crippen molar-refractivity contribution in [1.29, 1.82) is 0 Å². The van der Waals surface area contributed by atoms with Crippen molar-refractivity contribution >= 4 is 0 Å². The Morgan fingerprint density at radius 2 is 1.95 bits per heavy atom. The minimum absolute atomic E-state index is 0.00433. The molecule has 0 saturated heterocycles. The van der Waals surface area contributed by atoms with Crippen molar-refractivity contribution in [2.75, 3.05) is 0 Å². The average Bonchev–Trinajstić information content (AvgIpc) is 2.49. The summed E-state index contributed by atoms with van der Waals surface area (Å²) in [5.41, 5.74) is 2.66. The molecule has 0 saturated carbocycles. The predicted molar refractivity (Wildman–Crippen MR) is 86.2 cm³/mol. The molecule has 0 spiro atoms. The van der Waals surface area contributed by atoms with E-state index >= 15 is 0 Å². The highest BCUT2D eigenvalue weighted by molar-refractivity contribution is 5.58. The van der Waals surface area contributed by atoms with Crippen molar-refractivity contribution in [3.63, 3.8) is 0 Å². The second-order valence-corrected chi connectivity index (χ2v) is 5.48. The first kappa shape index (κ1) is 15.4. The maximum Gasteiger partial charge on any atom is 0.271 e. The standard InChI is InChI=1S/C17H23N3O/c1-4-10-20-17(21)15(12-18-13(2)3)11-16(19-20)14-8-6-5-7-9-14/h5-9,11,13,18H,4,10,12H2,1-3H3. The van der Waals surface area contributed by atoms with Crippen molar-refractivity contribution in [1.82, 2.24) is 15.1 Å². The summed E-state index contributed by atoms with van der Waals surface area (Å²) in [6.07, 6.45) is 0.891. The number of benzene rings is 1. The highest BCUT2D eigenvalue weighted by atomic mass is 16.1. The molecule has 0 aliphatic heterocycles. The summed E-state index contributed by atoms with van der Waals surface area (Å²) in [7, 11) is 0. The molecule has 112 valence electrons. The third kappa shape index (κ3) is 4.02. The Balaban J connectivity index is 2.44. The minimum atomic E-state index is 0.00433. The van der Waals surface area contributed by atoms with Crippen LogP contribution >= 0.6 is 0 Å². The molecule has 0 bridgehead atoms. The zero-order chi connectivity index (χ0) is 15.2. The van der Waals surface area contributed by atoms with E-state index in [9.17, 15) is 4.79 Å². The fourth-order valence-electron chi connectivity index (χ4n) is 2.15. The topological polar surface area (TPSA) is 46.9 Å². The highest BCUT2D eigenvalue weighted by Gasteiger charge is 2.09. The smallest absolute Gasteiger partial charge is 0.271 e. The van der Waals surface area contributed by atoms with Gasteiger partial charge in [-0.2, -0.15) is 5.10 Å². The molecule has 2 aromatic rings. The Morgan fingerprint density at radius 3 is 2.57 bits per heavy atom. The lowest BCUT2D eigenvalue weighted by Crippen LogP contribution is -2.31. The predicted octanol–water partition coefficient (Wildman–Crippen LogP) is 2.82. The Labute approximate surface area is 125 Å². The summed E-state index contributed by atoms with van der Waals surface area (Å²) in [6, 6.07) is 12.2. The summed E-state index contributed by atoms with van der Waals surface area (Å²) in [6.45, 7) is 7.42. The Bertz CT molecular complexity index is 632. The molecule has 2 rings (SSSR count). The van der Waals surface area contributed by atoms with Gasteiger partial charge in [-0.1, -0.05) is 51.1 Å². The normalized spacial score (nSPS) is 11.0. The van der Waals surface area contributed by atoms with Crippen LogP contribution in [0.3, 0.4) is 0 Å². The van der Waals surface area contributed by atoms with E-state index in [-0.39, 0.29) is 5.56 Å². The third-order valence-electron chi connectivity index (χ3n) is 3.25. The van der Waals surface area contributed by atoms with Crippen molar-refractivity contribution in [3.05, 3.63) is 52.3 Å². The van der Waals surface area contributed by atoms with Gasteiger partial charge in [0.2, 0.25) is 0 Å². The number of nitrogens with one attached hydrogen (secondary N) is 1. The molecular formula is C17H23N3O. The molecule has 21 heavy (non-hydrogen) atoms. The summed E-state index contributed by atoms with van der Waals surface area (Å²) in [5, 5.41) is 7.81. The number of aryl methyl sites for hydroxylation is 1. The monoisotopic (exact) mass is 285 g/mol. The first-order valence-electron chi connectivity index (χ1n) is 7.51. The van der Waals surface area contributed by atoms with Crippen molar-refractivity contribution in [3.8, 4) is 11.3 Å². The largest absolute Gasteiger partial charge is 0.310 e. The van der Waals surface area contributed by atoms with Crippen LogP contribution in [0, 0.1) is 0 Å². The quantitative estimate of drug-likeness (QED) is 0.887. The van der Waals surface area contributed by atoms with Crippen molar-refractivity contribution in [2.24, 2.45) is 0 Å². The molecular weight excluding hydrogens is 262 g/mol. The van der Waals surface area contributed by atoms with Crippen LogP contribution in [0.2, 0.25) is 0 Å². The van der Waals surface area contributed by atoms with Crippen LogP contribution in [0.1, 0.15) is 32.8 Å². The number of aromatic nitrogens is 2. The molecule has 1 aromatic carbocycles. The maximum atomic E-state index is 12.4. The second kappa shape index (κ2) is 7.18. The van der Waals surface area contributed by atoms with Crippen LogP contribution in [0.25, 0.3) is 11.3 Å². The van der Waals surface area contributed by atoms with Gasteiger partial charge in [-0.25, -0.2) is 4.68 Å². The van der Waals surface area contributed by atoms with Crippen LogP contribution in [0.15, 0.2) is 41.2 Å². The molecule has 0 fully saturated rings. The van der Waals surface area contributed by atoms with Crippen LogP contribution in [-0.2, 0) is 13.1 Å². The number of nitrogens with zero attached hydrogens (tertiary/aromatic N) is 2. The summed E-state index contributed by atoms with van der Waals surface area (Å²) in [4.78, 5) is 12.4. The molecule has 0 unspecified atom stereocenters. The lowest BCUT2D eigenvalue weighted by atomic mass is 10.1. The molecule has 0 atom stereocenters. The zero-order valence-electron chi connectivity index (χ0n) is 13.0. The van der Waals surface area contributed by atoms with Crippen molar-refractivity contribution in [2.45, 2.75) is 46.3 Å². The molecule has 0 amide bonds. The summed E-state index contributed by atoms with van der Waals surface area (Å²) < 4.78 is 1.58. The van der Waals surface area contributed by atoms with E-state index in [4.69, 9.17) is 0 Å². The van der Waals surface area contributed by atoms with Gasteiger partial charge >= 0.3 is 0 Å². The molecule has 1 heterocycles. The van der Waals surface area contributed by atoms with Gasteiger partial charge < -0.3 is 5.32 Å². The van der Waals surface area contributed by atoms with E-state index in [0.717, 1.165) is 23.2 Å². The molecule has 4 nitrogen and oxygen atoms in total. The van der Waals surface area contributed by atoms with Crippen LogP contribution in [0.5, 0.6) is 0 Å². The van der Waals surface area contributed by atoms with Gasteiger partial charge in [0.05, 0.1) is 5.69 Å². The minimum Gasteiger partial charge on any atom is -0.310 e. The lowest BCUT2D eigenvalue weighted by Gasteiger charge is -2.12. The SMILES string of the molecule is CCCn1nc(-c2ccccc2)cc(CNC(C)C)c1=O. The van der Waals surface area contributed by atoms with Gasteiger partial charge in [-0.15, -0.1) is 0 Å². The first-order chi connectivity index (χ1) is 10.1. The first-order valence-corrected chi connectivity index (χ1v) is 7.51. The molecule has 1 N–H and O–H groups in total. The van der Waals surface area contributed by atoms with Crippen molar-refractivity contribution < 1.29 is 0 Å². The molecule has 0 aliphatic carbocycles. The van der Waals surface area contributed by atoms with Gasteiger partial charge in [0, 0.05) is 30.3 Å². The van der Waals surface area contributed by atoms with Gasteiger partial charge in [0.25, 0.3) is 5.56 Å². The Kier molecular flexibility index (Phi) is 5.28. The molecule has 0 radical (unpaired) electrons. The lowest BCUT2D eigenvalue weighted by molar-refractivity contribution is 0.544. The van der Waals surface area contributed by atoms with E-state index in [2.05, 4.69) is 31.2 Å². The van der Waals surface area contributed by atoms with E-state index in [1.165, 1.54) is 0 Å². The zero-order valence-corrected chi connectivity index (χ0v) is 13.0. The second-order valence-electron chi connectivity index (χ2n) is 5.48. The molecule has 4 heteroatoms. The fraction of sp³-hybridized carbons (Fsp3) is 0.412. The van der Waals surface area contributed by atoms with Gasteiger partial charge in [0.1, 0.15) is 0 Å².